The highest BCUT2D eigenvalue weighted by Gasteiger charge is 2.12. The van der Waals surface area contributed by atoms with Gasteiger partial charge in [-0.1, -0.05) is 0 Å². The predicted octanol–water partition coefficient (Wildman–Crippen LogP) is 2.20. The lowest BCUT2D eigenvalue weighted by Crippen LogP contribution is -2.23. The standard InChI is InChI=1S/C15H21NO4S/c1-18-12-9-11(10-13(19-2)15(12)20-3)5-6-14(17)16-7-8-21-4/h5-6,9-10H,7-8H2,1-4H3,(H,16,17). The molecule has 21 heavy (non-hydrogen) atoms. The van der Waals surface area contributed by atoms with Gasteiger partial charge >= 0.3 is 0 Å². The van der Waals surface area contributed by atoms with Gasteiger partial charge in [0.15, 0.2) is 11.5 Å². The molecule has 0 fully saturated rings. The number of hydrogen-bond donors (Lipinski definition) is 1. The highest BCUT2D eigenvalue weighted by atomic mass is 32.2. The Morgan fingerprint density at radius 2 is 1.81 bits per heavy atom. The lowest BCUT2D eigenvalue weighted by molar-refractivity contribution is -0.116. The monoisotopic (exact) mass is 311 g/mol. The molecule has 5 nitrogen and oxygen atoms in total. The Labute approximate surface area is 129 Å². The van der Waals surface area contributed by atoms with E-state index in [1.807, 2.05) is 6.26 Å². The zero-order chi connectivity index (χ0) is 15.7. The van der Waals surface area contributed by atoms with Gasteiger partial charge < -0.3 is 19.5 Å². The van der Waals surface area contributed by atoms with Gasteiger partial charge in [0.25, 0.3) is 0 Å². The van der Waals surface area contributed by atoms with Crippen molar-refractivity contribution in [2.45, 2.75) is 0 Å². The summed E-state index contributed by atoms with van der Waals surface area (Å²) in [6.07, 6.45) is 5.19. The molecule has 0 bridgehead atoms. The van der Waals surface area contributed by atoms with Crippen molar-refractivity contribution in [3.05, 3.63) is 23.8 Å². The fourth-order valence-corrected chi connectivity index (χ4v) is 2.01. The first kappa shape index (κ1) is 17.2. The van der Waals surface area contributed by atoms with Crippen LogP contribution in [-0.2, 0) is 4.79 Å². The molecule has 0 radical (unpaired) electrons. The van der Waals surface area contributed by atoms with E-state index in [4.69, 9.17) is 14.2 Å². The number of nitrogens with one attached hydrogen (secondary N) is 1. The average molecular weight is 311 g/mol. The SMILES string of the molecule is COc1cc(C=CC(=O)NCCSC)cc(OC)c1OC. The van der Waals surface area contributed by atoms with Crippen LogP contribution in [0.15, 0.2) is 18.2 Å². The van der Waals surface area contributed by atoms with Gasteiger partial charge in [-0.15, -0.1) is 0 Å². The number of rotatable bonds is 8. The molecule has 1 rings (SSSR count). The van der Waals surface area contributed by atoms with Crippen LogP contribution < -0.4 is 19.5 Å². The molecule has 1 aromatic rings. The van der Waals surface area contributed by atoms with Crippen LogP contribution in [-0.4, -0.2) is 45.8 Å². The predicted molar refractivity (Wildman–Crippen MR) is 86.5 cm³/mol. The van der Waals surface area contributed by atoms with Gasteiger partial charge in [0.1, 0.15) is 0 Å². The van der Waals surface area contributed by atoms with Gasteiger partial charge in [-0.25, -0.2) is 0 Å². The molecule has 6 heteroatoms. The third-order valence-electron chi connectivity index (χ3n) is 2.72. The number of benzene rings is 1. The lowest BCUT2D eigenvalue weighted by Gasteiger charge is -2.12. The Morgan fingerprint density at radius 3 is 2.29 bits per heavy atom. The molecule has 116 valence electrons. The molecule has 0 aliphatic rings. The number of methoxy groups -OCH3 is 3. The van der Waals surface area contributed by atoms with E-state index in [1.54, 1.807) is 51.3 Å². The molecule has 0 aliphatic heterocycles. The second-order valence-corrected chi connectivity index (χ2v) is 5.06. The number of thioether (sulfide) groups is 1. The Bertz CT molecular complexity index is 477. The molecule has 1 N–H and O–H groups in total. The van der Waals surface area contributed by atoms with Crippen LogP contribution in [0.25, 0.3) is 6.08 Å². The van der Waals surface area contributed by atoms with E-state index in [2.05, 4.69) is 5.32 Å². The molecule has 0 spiro atoms. The zero-order valence-electron chi connectivity index (χ0n) is 12.8. The van der Waals surface area contributed by atoms with Crippen LogP contribution in [0.1, 0.15) is 5.56 Å². The Kier molecular flexibility index (Phi) is 7.53. The molecule has 1 aromatic carbocycles. The maximum Gasteiger partial charge on any atom is 0.244 e. The zero-order valence-corrected chi connectivity index (χ0v) is 13.6. The number of amides is 1. The highest BCUT2D eigenvalue weighted by Crippen LogP contribution is 2.38. The summed E-state index contributed by atoms with van der Waals surface area (Å²) in [4.78, 5) is 11.6. The van der Waals surface area contributed by atoms with Gasteiger partial charge in [-0.05, 0) is 30.0 Å². The second-order valence-electron chi connectivity index (χ2n) is 4.08. The van der Waals surface area contributed by atoms with Gasteiger partial charge in [-0.3, -0.25) is 4.79 Å². The molecule has 0 aliphatic carbocycles. The normalized spacial score (nSPS) is 10.5. The Hall–Kier alpha value is -1.82. The summed E-state index contributed by atoms with van der Waals surface area (Å²) in [5, 5.41) is 2.80. The summed E-state index contributed by atoms with van der Waals surface area (Å²) >= 11 is 1.69. The van der Waals surface area contributed by atoms with Crippen molar-refractivity contribution >= 4 is 23.7 Å². The maximum absolute atomic E-state index is 11.6. The first-order chi connectivity index (χ1) is 10.2. The summed E-state index contributed by atoms with van der Waals surface area (Å²) < 4.78 is 15.8. The molecule has 0 saturated heterocycles. The molecule has 0 heterocycles. The topological polar surface area (TPSA) is 56.8 Å². The van der Waals surface area contributed by atoms with Crippen molar-refractivity contribution in [1.82, 2.24) is 5.32 Å². The number of carbonyl (C=O) groups excluding carboxylic acids is 1. The van der Waals surface area contributed by atoms with Gasteiger partial charge in [0, 0.05) is 18.4 Å². The van der Waals surface area contributed by atoms with E-state index in [-0.39, 0.29) is 5.91 Å². The van der Waals surface area contributed by atoms with Crippen LogP contribution >= 0.6 is 11.8 Å². The number of carbonyl (C=O) groups is 1. The summed E-state index contributed by atoms with van der Waals surface area (Å²) in [6, 6.07) is 3.57. The average Bonchev–Trinajstić information content (AvgIpc) is 2.51. The van der Waals surface area contributed by atoms with Gasteiger partial charge in [0.05, 0.1) is 21.3 Å². The lowest BCUT2D eigenvalue weighted by atomic mass is 10.1. The van der Waals surface area contributed by atoms with E-state index in [9.17, 15) is 4.79 Å². The minimum Gasteiger partial charge on any atom is -0.493 e. The van der Waals surface area contributed by atoms with Crippen molar-refractivity contribution in [2.24, 2.45) is 0 Å². The number of hydrogen-bond acceptors (Lipinski definition) is 5. The fourth-order valence-electron chi connectivity index (χ4n) is 1.70. The summed E-state index contributed by atoms with van der Waals surface area (Å²) in [7, 11) is 4.66. The van der Waals surface area contributed by atoms with Crippen LogP contribution in [0.5, 0.6) is 17.2 Å². The van der Waals surface area contributed by atoms with E-state index in [0.717, 1.165) is 11.3 Å². The van der Waals surface area contributed by atoms with Crippen molar-refractivity contribution in [3.8, 4) is 17.2 Å². The quantitative estimate of drug-likeness (QED) is 0.589. The summed E-state index contributed by atoms with van der Waals surface area (Å²) in [6.45, 7) is 0.652. The highest BCUT2D eigenvalue weighted by molar-refractivity contribution is 7.98. The van der Waals surface area contributed by atoms with Crippen molar-refractivity contribution in [2.75, 3.05) is 39.9 Å². The molecule has 1 amide bonds. The van der Waals surface area contributed by atoms with Crippen LogP contribution in [0, 0.1) is 0 Å². The van der Waals surface area contributed by atoms with Crippen molar-refractivity contribution < 1.29 is 19.0 Å². The third kappa shape index (κ3) is 5.23. The van der Waals surface area contributed by atoms with Crippen LogP contribution in [0.2, 0.25) is 0 Å². The first-order valence-electron chi connectivity index (χ1n) is 6.41. The van der Waals surface area contributed by atoms with Gasteiger partial charge in [0.2, 0.25) is 11.7 Å². The van der Waals surface area contributed by atoms with E-state index >= 15 is 0 Å². The molecular formula is C15H21NO4S. The fraction of sp³-hybridized carbons (Fsp3) is 0.400. The second kappa shape index (κ2) is 9.18. The smallest absolute Gasteiger partial charge is 0.244 e. The summed E-state index contributed by atoms with van der Waals surface area (Å²) in [5.41, 5.74) is 0.796. The molecule has 0 saturated carbocycles. The van der Waals surface area contributed by atoms with E-state index in [0.29, 0.717) is 23.8 Å². The summed E-state index contributed by atoms with van der Waals surface area (Å²) in [5.74, 6) is 2.40. The van der Waals surface area contributed by atoms with Crippen molar-refractivity contribution in [1.29, 1.82) is 0 Å². The first-order valence-corrected chi connectivity index (χ1v) is 7.80. The van der Waals surface area contributed by atoms with Crippen LogP contribution in [0.3, 0.4) is 0 Å². The largest absolute Gasteiger partial charge is 0.493 e. The van der Waals surface area contributed by atoms with Crippen LogP contribution in [0.4, 0.5) is 0 Å². The molecule has 0 atom stereocenters. The Balaban J connectivity index is 2.86. The Morgan fingerprint density at radius 1 is 1.19 bits per heavy atom. The van der Waals surface area contributed by atoms with Gasteiger partial charge in [-0.2, -0.15) is 11.8 Å². The minimum absolute atomic E-state index is 0.127. The van der Waals surface area contributed by atoms with Crippen molar-refractivity contribution in [3.63, 3.8) is 0 Å². The molecule has 0 unspecified atom stereocenters. The number of ether oxygens (including phenoxy) is 3. The van der Waals surface area contributed by atoms with E-state index in [1.165, 1.54) is 6.08 Å². The minimum atomic E-state index is -0.127. The third-order valence-corrected chi connectivity index (χ3v) is 3.33. The molecular weight excluding hydrogens is 290 g/mol. The molecule has 0 aromatic heterocycles. The van der Waals surface area contributed by atoms with E-state index < -0.39 is 0 Å². The maximum atomic E-state index is 11.6.